The number of anilines is 1. The maximum absolute atomic E-state index is 12.2. The first kappa shape index (κ1) is 20.4. The van der Waals surface area contributed by atoms with E-state index in [0.29, 0.717) is 10.4 Å². The largest absolute Gasteiger partial charge is 0.478 e. The first-order chi connectivity index (χ1) is 12.5. The lowest BCUT2D eigenvalue weighted by molar-refractivity contribution is -0.156. The summed E-state index contributed by atoms with van der Waals surface area (Å²) < 4.78 is 10.4. The number of aromatic carboxylic acids is 1. The van der Waals surface area contributed by atoms with Gasteiger partial charge in [-0.05, 0) is 40.2 Å². The number of nitrogens with one attached hydrogen (secondary N) is 2. The molecule has 0 fully saturated rings. The lowest BCUT2D eigenvalue weighted by Crippen LogP contribution is -2.44. The van der Waals surface area contributed by atoms with Gasteiger partial charge in [0.25, 0.3) is 0 Å². The van der Waals surface area contributed by atoms with E-state index in [0.717, 1.165) is 11.3 Å². The molecule has 0 aliphatic heterocycles. The third kappa shape index (κ3) is 5.07. The van der Waals surface area contributed by atoms with Crippen LogP contribution in [0.2, 0.25) is 0 Å². The Kier molecular flexibility index (Phi) is 5.89. The molecule has 0 saturated carbocycles. The van der Waals surface area contributed by atoms with Crippen LogP contribution in [0.4, 0.5) is 9.80 Å². The molecule has 0 aromatic carbocycles. The van der Waals surface area contributed by atoms with Crippen LogP contribution in [0.1, 0.15) is 43.6 Å². The Bertz CT molecular complexity index is 851. The molecular formula is C17H21N3O6S. The van der Waals surface area contributed by atoms with E-state index in [1.807, 2.05) is 0 Å². The lowest BCUT2D eigenvalue weighted by Gasteiger charge is -2.22. The summed E-state index contributed by atoms with van der Waals surface area (Å²) in [5.74, 6) is -1.54. The number of esters is 1. The third-order valence-corrected chi connectivity index (χ3v) is 4.52. The highest BCUT2D eigenvalue weighted by atomic mass is 32.1. The zero-order chi connectivity index (χ0) is 20.4. The topological polar surface area (TPSA) is 131 Å². The highest BCUT2D eigenvalue weighted by Crippen LogP contribution is 2.39. The first-order valence-corrected chi connectivity index (χ1v) is 8.88. The van der Waals surface area contributed by atoms with Crippen molar-refractivity contribution in [2.75, 3.05) is 5.32 Å². The normalized spacial score (nSPS) is 12.3. The average molecular weight is 395 g/mol. The van der Waals surface area contributed by atoms with E-state index in [9.17, 15) is 19.5 Å². The van der Waals surface area contributed by atoms with Crippen molar-refractivity contribution in [1.29, 1.82) is 0 Å². The Balaban J connectivity index is 2.17. The van der Waals surface area contributed by atoms with Gasteiger partial charge in [-0.2, -0.15) is 0 Å². The summed E-state index contributed by atoms with van der Waals surface area (Å²) in [5.41, 5.74) is -0.325. The minimum Gasteiger partial charge on any atom is -0.478 e. The van der Waals surface area contributed by atoms with E-state index in [1.54, 1.807) is 27.7 Å². The second-order valence-corrected chi connectivity index (χ2v) is 7.78. The molecule has 2 rings (SSSR count). The lowest BCUT2D eigenvalue weighted by atomic mass is 10.1. The van der Waals surface area contributed by atoms with Crippen LogP contribution in [0.15, 0.2) is 16.9 Å². The molecule has 1 atom stereocenters. The number of carboxylic acids is 1. The molecule has 9 nitrogen and oxygen atoms in total. The van der Waals surface area contributed by atoms with Gasteiger partial charge in [0.1, 0.15) is 22.9 Å². The number of carbonyl (C=O) groups excluding carboxylic acids is 2. The Morgan fingerprint density at radius 2 is 2.00 bits per heavy atom. The smallest absolute Gasteiger partial charge is 0.339 e. The molecule has 10 heteroatoms. The molecule has 27 heavy (non-hydrogen) atoms. The molecule has 2 aromatic heterocycles. The first-order valence-electron chi connectivity index (χ1n) is 8.06. The van der Waals surface area contributed by atoms with Crippen LogP contribution in [-0.2, 0) is 9.53 Å². The maximum Gasteiger partial charge on any atom is 0.339 e. The monoisotopic (exact) mass is 395 g/mol. The molecule has 2 heterocycles. The van der Waals surface area contributed by atoms with Crippen LogP contribution in [0, 0.1) is 6.92 Å². The molecule has 146 valence electrons. The highest BCUT2D eigenvalue weighted by molar-refractivity contribution is 7.20. The highest BCUT2D eigenvalue weighted by Gasteiger charge is 2.26. The van der Waals surface area contributed by atoms with E-state index in [4.69, 9.17) is 9.15 Å². The van der Waals surface area contributed by atoms with Crippen LogP contribution in [0.25, 0.3) is 10.8 Å². The molecule has 0 bridgehead atoms. The van der Waals surface area contributed by atoms with Crippen molar-refractivity contribution in [3.63, 3.8) is 0 Å². The van der Waals surface area contributed by atoms with E-state index < -0.39 is 29.6 Å². The zero-order valence-electron chi connectivity index (χ0n) is 15.6. The van der Waals surface area contributed by atoms with Crippen LogP contribution in [0.3, 0.4) is 0 Å². The predicted octanol–water partition coefficient (Wildman–Crippen LogP) is 3.26. The van der Waals surface area contributed by atoms with Gasteiger partial charge < -0.3 is 19.6 Å². The summed E-state index contributed by atoms with van der Waals surface area (Å²) in [6, 6.07) is -1.64. The fourth-order valence-electron chi connectivity index (χ4n) is 2.18. The number of hydrogen-bond acceptors (Lipinski definition) is 7. The Hall–Kier alpha value is -2.88. The van der Waals surface area contributed by atoms with Crippen LogP contribution in [0.5, 0.6) is 0 Å². The number of hydrogen-bond donors (Lipinski definition) is 3. The maximum atomic E-state index is 12.2. The Morgan fingerprint density at radius 1 is 1.33 bits per heavy atom. The van der Waals surface area contributed by atoms with E-state index in [1.165, 1.54) is 19.4 Å². The van der Waals surface area contributed by atoms with Gasteiger partial charge in [0.2, 0.25) is 5.89 Å². The van der Waals surface area contributed by atoms with Gasteiger partial charge in [-0.25, -0.2) is 19.4 Å². The fourth-order valence-corrected chi connectivity index (χ4v) is 3.32. The molecule has 2 aromatic rings. The number of amides is 2. The second-order valence-electron chi connectivity index (χ2n) is 6.76. The number of ether oxygens (including phenoxy) is 1. The summed E-state index contributed by atoms with van der Waals surface area (Å²) >= 11 is 1.02. The van der Waals surface area contributed by atoms with Crippen molar-refractivity contribution in [2.45, 2.75) is 46.3 Å². The zero-order valence-corrected chi connectivity index (χ0v) is 16.4. The number of aromatic nitrogens is 1. The minimum absolute atomic E-state index is 0.0618. The van der Waals surface area contributed by atoms with Gasteiger partial charge in [-0.3, -0.25) is 5.32 Å². The number of carbonyl (C=O) groups is 3. The minimum atomic E-state index is -1.20. The third-order valence-electron chi connectivity index (χ3n) is 3.32. The van der Waals surface area contributed by atoms with Gasteiger partial charge in [0.05, 0.1) is 16.6 Å². The fraction of sp³-hybridized carbons (Fsp3) is 0.412. The average Bonchev–Trinajstić information content (AvgIpc) is 3.13. The molecule has 0 spiro atoms. The Labute approximate surface area is 159 Å². The number of thiophene rings is 1. The van der Waals surface area contributed by atoms with E-state index >= 15 is 0 Å². The summed E-state index contributed by atoms with van der Waals surface area (Å²) in [4.78, 5) is 40.3. The second kappa shape index (κ2) is 7.78. The van der Waals surface area contributed by atoms with Crippen molar-refractivity contribution < 1.29 is 28.6 Å². The standard InChI is InChI=1S/C17H21N3O6S/c1-8-10(14(21)22)13(27-11(8)12-18-6-7-25-12)20-16(24)19-9(2)15(23)26-17(3,4)5/h6-7,9H,1-5H3,(H,21,22)(H2,19,20,24). The van der Waals surface area contributed by atoms with Gasteiger partial charge in [0.15, 0.2) is 0 Å². The van der Waals surface area contributed by atoms with Crippen molar-refractivity contribution in [1.82, 2.24) is 10.3 Å². The number of urea groups is 1. The predicted molar refractivity (Wildman–Crippen MR) is 99.0 cm³/mol. The van der Waals surface area contributed by atoms with Gasteiger partial charge >= 0.3 is 18.0 Å². The molecule has 0 aliphatic rings. The van der Waals surface area contributed by atoms with Gasteiger partial charge in [-0.15, -0.1) is 11.3 Å². The SMILES string of the molecule is Cc1c(-c2ncco2)sc(NC(=O)NC(C)C(=O)OC(C)(C)C)c1C(=O)O. The number of rotatable bonds is 5. The molecule has 3 N–H and O–H groups in total. The molecule has 1 unspecified atom stereocenters. The van der Waals surface area contributed by atoms with Crippen LogP contribution in [-0.4, -0.2) is 39.7 Å². The molecule has 2 amide bonds. The summed E-state index contributed by atoms with van der Waals surface area (Å²) in [6.07, 6.45) is 2.81. The molecule has 0 radical (unpaired) electrons. The number of carboxylic acid groups (broad SMARTS) is 1. The van der Waals surface area contributed by atoms with E-state index in [2.05, 4.69) is 15.6 Å². The van der Waals surface area contributed by atoms with E-state index in [-0.39, 0.29) is 16.5 Å². The van der Waals surface area contributed by atoms with Crippen molar-refractivity contribution in [3.8, 4) is 10.8 Å². The van der Waals surface area contributed by atoms with Gasteiger partial charge in [-0.1, -0.05) is 0 Å². The number of oxazole rings is 1. The summed E-state index contributed by atoms with van der Waals surface area (Å²) in [5, 5.41) is 14.5. The van der Waals surface area contributed by atoms with Crippen LogP contribution >= 0.6 is 11.3 Å². The molecular weight excluding hydrogens is 374 g/mol. The summed E-state index contributed by atoms with van der Waals surface area (Å²) in [6.45, 7) is 8.23. The Morgan fingerprint density at radius 3 is 2.52 bits per heavy atom. The van der Waals surface area contributed by atoms with Crippen molar-refractivity contribution >= 4 is 34.3 Å². The van der Waals surface area contributed by atoms with Crippen molar-refractivity contribution in [3.05, 3.63) is 23.6 Å². The van der Waals surface area contributed by atoms with Gasteiger partial charge in [0, 0.05) is 0 Å². The number of nitrogens with zero attached hydrogens (tertiary/aromatic N) is 1. The molecule has 0 saturated heterocycles. The molecule has 0 aliphatic carbocycles. The quantitative estimate of drug-likeness (QED) is 0.662. The summed E-state index contributed by atoms with van der Waals surface area (Å²) in [7, 11) is 0. The van der Waals surface area contributed by atoms with Crippen LogP contribution < -0.4 is 10.6 Å². The van der Waals surface area contributed by atoms with Crippen molar-refractivity contribution in [2.24, 2.45) is 0 Å².